The van der Waals surface area contributed by atoms with E-state index in [9.17, 15) is 4.79 Å². The predicted molar refractivity (Wildman–Crippen MR) is 97.4 cm³/mol. The maximum atomic E-state index is 11.2. The number of rotatable bonds is 3. The molecule has 3 N–H and O–H groups in total. The second-order valence-electron chi connectivity index (χ2n) is 6.80. The largest absolute Gasteiger partial charge is 0.473 e. The number of carboxylic acid groups (broad SMARTS) is 2. The Bertz CT molecular complexity index is 656. The van der Waals surface area contributed by atoms with Crippen LogP contribution in [-0.4, -0.2) is 52.6 Å². The van der Waals surface area contributed by atoms with Crippen LogP contribution >= 0.6 is 0 Å². The Morgan fingerprint density at radius 3 is 2.35 bits per heavy atom. The fraction of sp³-hybridized carbons (Fsp3) is 0.526. The Hall–Kier alpha value is -2.41. The van der Waals surface area contributed by atoms with Gasteiger partial charge in [0, 0.05) is 19.2 Å². The van der Waals surface area contributed by atoms with Crippen LogP contribution in [0.1, 0.15) is 49.7 Å². The van der Waals surface area contributed by atoms with Crippen LogP contribution in [-0.2, 0) is 20.8 Å². The molecule has 1 fully saturated rings. The third-order valence-electron chi connectivity index (χ3n) is 4.78. The van der Waals surface area contributed by atoms with Crippen molar-refractivity contribution >= 4 is 23.5 Å². The maximum absolute atomic E-state index is 11.2. The summed E-state index contributed by atoms with van der Waals surface area (Å²) in [5.41, 5.74) is 3.88. The maximum Gasteiger partial charge on any atom is 0.414 e. The number of aryl methyl sites for hydroxylation is 1. The van der Waals surface area contributed by atoms with Gasteiger partial charge in [0.25, 0.3) is 0 Å². The molecule has 142 valence electrons. The van der Waals surface area contributed by atoms with Gasteiger partial charge in [0.15, 0.2) is 0 Å². The summed E-state index contributed by atoms with van der Waals surface area (Å²) in [6.45, 7) is 5.28. The molecule has 0 saturated carbocycles. The number of carboxylic acids is 2. The van der Waals surface area contributed by atoms with E-state index < -0.39 is 11.9 Å². The molecule has 1 aliphatic heterocycles. The molecule has 1 heterocycles. The lowest BCUT2D eigenvalue weighted by atomic mass is 9.99. The molecule has 0 radical (unpaired) electrons. The van der Waals surface area contributed by atoms with E-state index >= 15 is 0 Å². The summed E-state index contributed by atoms with van der Waals surface area (Å²) < 4.78 is 0. The fourth-order valence-electron chi connectivity index (χ4n) is 3.61. The molecule has 2 aliphatic rings. The molecule has 0 aromatic heterocycles. The molecule has 1 aromatic rings. The molecular formula is C19H26N2O5. The average Bonchev–Trinajstić information content (AvgIpc) is 2.98. The van der Waals surface area contributed by atoms with Gasteiger partial charge in [-0.2, -0.15) is 0 Å². The Labute approximate surface area is 153 Å². The molecule has 0 spiro atoms. The summed E-state index contributed by atoms with van der Waals surface area (Å²) >= 11 is 0. The van der Waals surface area contributed by atoms with Gasteiger partial charge < -0.3 is 20.4 Å². The molecule has 26 heavy (non-hydrogen) atoms. The normalized spacial score (nSPS) is 19.0. The second-order valence-corrected chi connectivity index (χ2v) is 6.80. The Balaban J connectivity index is 0.000000352. The van der Waals surface area contributed by atoms with Gasteiger partial charge >= 0.3 is 11.9 Å². The first-order valence-electron chi connectivity index (χ1n) is 8.96. The number of amides is 1. The van der Waals surface area contributed by atoms with E-state index in [-0.39, 0.29) is 5.91 Å². The smallest absolute Gasteiger partial charge is 0.414 e. The lowest BCUT2D eigenvalue weighted by Crippen LogP contribution is -2.33. The van der Waals surface area contributed by atoms with Gasteiger partial charge in [-0.25, -0.2) is 9.59 Å². The molecule has 1 amide bonds. The molecule has 7 nitrogen and oxygen atoms in total. The molecule has 1 aliphatic carbocycles. The van der Waals surface area contributed by atoms with Crippen LogP contribution in [0, 0.1) is 0 Å². The lowest BCUT2D eigenvalue weighted by molar-refractivity contribution is -0.159. The zero-order chi connectivity index (χ0) is 19.1. The van der Waals surface area contributed by atoms with Crippen LogP contribution in [0.5, 0.6) is 0 Å². The number of fused-ring (bicyclic) bond motifs is 1. The van der Waals surface area contributed by atoms with Crippen LogP contribution in [0.15, 0.2) is 18.2 Å². The van der Waals surface area contributed by atoms with Crippen molar-refractivity contribution in [3.63, 3.8) is 0 Å². The van der Waals surface area contributed by atoms with Gasteiger partial charge in [-0.15, -0.1) is 0 Å². The Kier molecular flexibility index (Phi) is 7.15. The van der Waals surface area contributed by atoms with Crippen molar-refractivity contribution in [1.29, 1.82) is 0 Å². The molecule has 3 rings (SSSR count). The molecule has 1 atom stereocenters. The van der Waals surface area contributed by atoms with E-state index in [4.69, 9.17) is 19.8 Å². The van der Waals surface area contributed by atoms with Gasteiger partial charge in [0.2, 0.25) is 5.91 Å². The first-order chi connectivity index (χ1) is 12.4. The fourth-order valence-corrected chi connectivity index (χ4v) is 3.61. The van der Waals surface area contributed by atoms with Crippen LogP contribution in [0.4, 0.5) is 5.69 Å². The highest BCUT2D eigenvalue weighted by Gasteiger charge is 2.25. The minimum atomic E-state index is -1.82. The minimum absolute atomic E-state index is 0.00975. The summed E-state index contributed by atoms with van der Waals surface area (Å²) in [6, 6.07) is 6.42. The van der Waals surface area contributed by atoms with Crippen LogP contribution < -0.4 is 5.32 Å². The summed E-state index contributed by atoms with van der Waals surface area (Å²) in [5.74, 6) is -2.99. The van der Waals surface area contributed by atoms with Crippen molar-refractivity contribution in [1.82, 2.24) is 4.90 Å². The van der Waals surface area contributed by atoms with E-state index in [1.165, 1.54) is 62.9 Å². The van der Waals surface area contributed by atoms with Crippen molar-refractivity contribution in [3.8, 4) is 0 Å². The quantitative estimate of drug-likeness (QED) is 0.713. The van der Waals surface area contributed by atoms with Gasteiger partial charge in [-0.05, 0) is 68.0 Å². The predicted octanol–water partition coefficient (Wildman–Crippen LogP) is 2.32. The van der Waals surface area contributed by atoms with Crippen molar-refractivity contribution in [2.45, 2.75) is 44.9 Å². The minimum Gasteiger partial charge on any atom is -0.473 e. The molecule has 0 bridgehead atoms. The highest BCUT2D eigenvalue weighted by atomic mass is 16.4. The number of carbonyl (C=O) groups excluding carboxylic acids is 1. The number of hydrogen-bond donors (Lipinski definition) is 3. The van der Waals surface area contributed by atoms with Gasteiger partial charge in [-0.3, -0.25) is 4.79 Å². The number of piperidine rings is 1. The number of carbonyl (C=O) groups is 3. The summed E-state index contributed by atoms with van der Waals surface area (Å²) in [6.07, 6.45) is 6.55. The van der Waals surface area contributed by atoms with Gasteiger partial charge in [0.05, 0.1) is 0 Å². The zero-order valence-electron chi connectivity index (χ0n) is 15.0. The monoisotopic (exact) mass is 362 g/mol. The summed E-state index contributed by atoms with van der Waals surface area (Å²) in [5, 5.41) is 17.7. The van der Waals surface area contributed by atoms with E-state index in [0.29, 0.717) is 5.92 Å². The first-order valence-corrected chi connectivity index (χ1v) is 8.96. The van der Waals surface area contributed by atoms with Crippen molar-refractivity contribution in [3.05, 3.63) is 29.3 Å². The molecule has 1 aromatic carbocycles. The Morgan fingerprint density at radius 1 is 1.12 bits per heavy atom. The van der Waals surface area contributed by atoms with Crippen LogP contribution in [0.3, 0.4) is 0 Å². The van der Waals surface area contributed by atoms with Crippen molar-refractivity contribution < 1.29 is 24.6 Å². The molecular weight excluding hydrogens is 336 g/mol. The number of nitrogens with one attached hydrogen (secondary N) is 1. The summed E-state index contributed by atoms with van der Waals surface area (Å²) in [7, 11) is 0. The third-order valence-corrected chi connectivity index (χ3v) is 4.78. The molecule has 1 saturated heterocycles. The van der Waals surface area contributed by atoms with Crippen molar-refractivity contribution in [2.24, 2.45) is 0 Å². The molecule has 1 unspecified atom stereocenters. The Morgan fingerprint density at radius 2 is 1.77 bits per heavy atom. The number of hydrogen-bond acceptors (Lipinski definition) is 4. The molecule has 7 heteroatoms. The first kappa shape index (κ1) is 19.9. The zero-order valence-corrected chi connectivity index (χ0v) is 15.0. The van der Waals surface area contributed by atoms with E-state index in [2.05, 4.69) is 22.3 Å². The number of anilines is 1. The number of nitrogens with zero attached hydrogens (tertiary/aromatic N) is 1. The van der Waals surface area contributed by atoms with Crippen LogP contribution in [0.2, 0.25) is 0 Å². The van der Waals surface area contributed by atoms with E-state index in [0.717, 1.165) is 5.69 Å². The van der Waals surface area contributed by atoms with E-state index in [1.807, 2.05) is 6.07 Å². The highest BCUT2D eigenvalue weighted by molar-refractivity contribution is 6.27. The van der Waals surface area contributed by atoms with E-state index in [1.54, 1.807) is 6.92 Å². The van der Waals surface area contributed by atoms with Gasteiger partial charge in [-0.1, -0.05) is 12.5 Å². The van der Waals surface area contributed by atoms with Crippen molar-refractivity contribution in [2.75, 3.05) is 25.0 Å². The third kappa shape index (κ3) is 5.84. The number of likely N-dealkylation sites (tertiary alicyclic amines) is 1. The topological polar surface area (TPSA) is 107 Å². The SMILES string of the molecule is CC(=O)Nc1ccc2c(c1)C(CN1CCCCC1)CC2.O=C(O)C(=O)O. The standard InChI is InChI=1S/C17H24N2O.C2H2O4/c1-13(20)18-16-8-7-14-5-6-15(17(14)11-16)12-19-9-3-2-4-10-19;3-1(4)2(5)6/h7-8,11,15H,2-6,9-10,12H2,1H3,(H,18,20);(H,3,4)(H,5,6). The highest BCUT2D eigenvalue weighted by Crippen LogP contribution is 2.35. The average molecular weight is 362 g/mol. The van der Waals surface area contributed by atoms with Gasteiger partial charge in [0.1, 0.15) is 0 Å². The number of benzene rings is 1. The number of aliphatic carboxylic acids is 2. The lowest BCUT2D eigenvalue weighted by Gasteiger charge is -2.29. The summed E-state index contributed by atoms with van der Waals surface area (Å²) in [4.78, 5) is 32.0. The second kappa shape index (κ2) is 9.33. The van der Waals surface area contributed by atoms with Crippen LogP contribution in [0.25, 0.3) is 0 Å².